The van der Waals surface area contributed by atoms with Crippen LogP contribution >= 0.6 is 11.8 Å². The number of halogens is 2. The first-order valence-electron chi connectivity index (χ1n) is 6.73. The van der Waals surface area contributed by atoms with Crippen molar-refractivity contribution in [3.8, 4) is 0 Å². The minimum atomic E-state index is -1.12. The van der Waals surface area contributed by atoms with Crippen LogP contribution in [0.15, 0.2) is 29.4 Å². The summed E-state index contributed by atoms with van der Waals surface area (Å²) in [5.74, 6) is 0.0708. The largest absolute Gasteiger partial charge is 0.239 e. The van der Waals surface area contributed by atoms with Crippen molar-refractivity contribution < 1.29 is 8.78 Å². The Morgan fingerprint density at radius 1 is 1.30 bits per heavy atom. The Kier molecular flexibility index (Phi) is 2.80. The minimum absolute atomic E-state index is 0.253. The van der Waals surface area contributed by atoms with Crippen LogP contribution in [-0.2, 0) is 0 Å². The van der Waals surface area contributed by atoms with Gasteiger partial charge >= 0.3 is 0 Å². The highest BCUT2D eigenvalue weighted by atomic mass is 32.2. The lowest BCUT2D eigenvalue weighted by atomic mass is 10.0. The quantitative estimate of drug-likeness (QED) is 0.865. The summed E-state index contributed by atoms with van der Waals surface area (Å²) in [4.78, 5) is 4.30. The third-order valence-electron chi connectivity index (χ3n) is 3.67. The minimum Gasteiger partial charge on any atom is -0.239 e. The van der Waals surface area contributed by atoms with E-state index in [0.29, 0.717) is 16.2 Å². The van der Waals surface area contributed by atoms with Gasteiger partial charge in [0, 0.05) is 11.7 Å². The molecule has 3 nitrogen and oxygen atoms in total. The molecule has 2 unspecified atom stereocenters. The van der Waals surface area contributed by atoms with Crippen LogP contribution in [0.3, 0.4) is 0 Å². The molecule has 0 amide bonds. The molecule has 1 aliphatic carbocycles. The number of thioether (sulfide) groups is 1. The molecular weight excluding hydrogens is 280 g/mol. The van der Waals surface area contributed by atoms with Gasteiger partial charge in [-0.05, 0) is 30.5 Å². The summed E-state index contributed by atoms with van der Waals surface area (Å²) in [6.45, 7) is 0. The van der Waals surface area contributed by atoms with Crippen molar-refractivity contribution in [1.29, 1.82) is 0 Å². The zero-order chi connectivity index (χ0) is 13.7. The fraction of sp³-hybridized carbons (Fsp3) is 0.429. The van der Waals surface area contributed by atoms with Gasteiger partial charge in [-0.3, -0.25) is 0 Å². The molecule has 1 aromatic heterocycles. The zero-order valence-electron chi connectivity index (χ0n) is 10.7. The number of hydrogen-bond donors (Lipinski definition) is 0. The molecule has 0 N–H and O–H groups in total. The van der Waals surface area contributed by atoms with Crippen molar-refractivity contribution >= 4 is 11.8 Å². The van der Waals surface area contributed by atoms with Crippen molar-refractivity contribution in [2.45, 2.75) is 41.9 Å². The van der Waals surface area contributed by atoms with Crippen LogP contribution in [0.4, 0.5) is 8.78 Å². The SMILES string of the molecule is Fc1cccc(C2CC(F)c3nc(SC4CC4)nn32)c1. The first-order chi connectivity index (χ1) is 9.70. The standard InChI is InChI=1S/C14H13F2N3S/c15-9-3-1-2-8(6-9)12-7-11(16)13-17-14(18-19(12)13)20-10-4-5-10/h1-3,6,10-12H,4-5,7H2. The molecule has 20 heavy (non-hydrogen) atoms. The number of fused-ring (bicyclic) bond motifs is 1. The molecule has 0 bridgehead atoms. The number of hydrogen-bond acceptors (Lipinski definition) is 3. The lowest BCUT2D eigenvalue weighted by molar-refractivity contribution is 0.327. The molecule has 2 heterocycles. The van der Waals surface area contributed by atoms with Crippen LogP contribution in [0.25, 0.3) is 0 Å². The van der Waals surface area contributed by atoms with Gasteiger partial charge in [-0.1, -0.05) is 23.9 Å². The van der Waals surface area contributed by atoms with Crippen LogP contribution in [0.5, 0.6) is 0 Å². The van der Waals surface area contributed by atoms with E-state index in [4.69, 9.17) is 0 Å². The van der Waals surface area contributed by atoms with Gasteiger partial charge in [0.1, 0.15) is 5.82 Å². The van der Waals surface area contributed by atoms with Gasteiger partial charge in [0.15, 0.2) is 12.0 Å². The summed E-state index contributed by atoms with van der Waals surface area (Å²) in [6.07, 6.45) is 1.53. The maximum atomic E-state index is 14.1. The summed E-state index contributed by atoms with van der Waals surface area (Å²) < 4.78 is 29.1. The molecule has 2 atom stereocenters. The predicted molar refractivity (Wildman–Crippen MR) is 71.9 cm³/mol. The summed E-state index contributed by atoms with van der Waals surface area (Å²) in [5, 5.41) is 5.65. The number of benzene rings is 1. The molecule has 2 aromatic rings. The molecular formula is C14H13F2N3S. The van der Waals surface area contributed by atoms with Crippen molar-refractivity contribution in [2.24, 2.45) is 0 Å². The van der Waals surface area contributed by atoms with E-state index in [0.717, 1.165) is 5.56 Å². The third kappa shape index (κ3) is 2.12. The van der Waals surface area contributed by atoms with Crippen LogP contribution in [-0.4, -0.2) is 20.0 Å². The second-order valence-electron chi connectivity index (χ2n) is 5.29. The molecule has 4 rings (SSSR count). The van der Waals surface area contributed by atoms with Crippen molar-refractivity contribution in [1.82, 2.24) is 14.8 Å². The highest BCUT2D eigenvalue weighted by Crippen LogP contribution is 2.43. The Labute approximate surface area is 119 Å². The fourth-order valence-electron chi connectivity index (χ4n) is 2.54. The molecule has 0 saturated heterocycles. The van der Waals surface area contributed by atoms with Crippen molar-refractivity contribution in [2.75, 3.05) is 0 Å². The summed E-state index contributed by atoms with van der Waals surface area (Å²) in [5.41, 5.74) is 0.749. The summed E-state index contributed by atoms with van der Waals surface area (Å²) >= 11 is 1.61. The summed E-state index contributed by atoms with van der Waals surface area (Å²) in [6, 6.07) is 6.04. The van der Waals surface area contributed by atoms with Gasteiger partial charge in [-0.25, -0.2) is 18.4 Å². The van der Waals surface area contributed by atoms with Crippen molar-refractivity contribution in [3.05, 3.63) is 41.5 Å². The fourth-order valence-corrected chi connectivity index (χ4v) is 3.49. The lowest BCUT2D eigenvalue weighted by Crippen LogP contribution is -2.07. The second kappa shape index (κ2) is 4.55. The maximum absolute atomic E-state index is 14.1. The van der Waals surface area contributed by atoms with E-state index in [1.165, 1.54) is 25.0 Å². The molecule has 0 spiro atoms. The Morgan fingerprint density at radius 3 is 2.90 bits per heavy atom. The van der Waals surface area contributed by atoms with Gasteiger partial charge in [-0.15, -0.1) is 5.10 Å². The molecule has 104 valence electrons. The van der Waals surface area contributed by atoms with E-state index < -0.39 is 6.17 Å². The normalized spacial score (nSPS) is 24.9. The Bertz CT molecular complexity index is 654. The van der Waals surface area contributed by atoms with Gasteiger partial charge < -0.3 is 0 Å². The number of rotatable bonds is 3. The summed E-state index contributed by atoms with van der Waals surface area (Å²) in [7, 11) is 0. The van der Waals surface area contributed by atoms with Gasteiger partial charge in [-0.2, -0.15) is 0 Å². The van der Waals surface area contributed by atoms with E-state index in [9.17, 15) is 8.78 Å². The van der Waals surface area contributed by atoms with Gasteiger partial charge in [0.25, 0.3) is 0 Å². The van der Waals surface area contributed by atoms with E-state index in [2.05, 4.69) is 10.1 Å². The van der Waals surface area contributed by atoms with Crippen LogP contribution in [0, 0.1) is 5.82 Å². The first kappa shape index (κ1) is 12.3. The third-order valence-corrected chi connectivity index (χ3v) is 4.86. The molecule has 1 fully saturated rings. The molecule has 0 radical (unpaired) electrons. The zero-order valence-corrected chi connectivity index (χ0v) is 11.5. The highest BCUT2D eigenvalue weighted by molar-refractivity contribution is 8.00. The average Bonchev–Trinajstić information content (AvgIpc) is 3.04. The number of alkyl halides is 1. The topological polar surface area (TPSA) is 30.7 Å². The maximum Gasteiger partial charge on any atom is 0.209 e. The number of nitrogens with zero attached hydrogens (tertiary/aromatic N) is 3. The number of aromatic nitrogens is 3. The van der Waals surface area contributed by atoms with Crippen molar-refractivity contribution in [3.63, 3.8) is 0 Å². The van der Waals surface area contributed by atoms with Gasteiger partial charge in [0.05, 0.1) is 6.04 Å². The van der Waals surface area contributed by atoms with E-state index >= 15 is 0 Å². The van der Waals surface area contributed by atoms with Gasteiger partial charge in [0.2, 0.25) is 5.16 Å². The van der Waals surface area contributed by atoms with Crippen LogP contribution < -0.4 is 0 Å². The first-order valence-corrected chi connectivity index (χ1v) is 7.61. The van der Waals surface area contributed by atoms with E-state index in [1.807, 2.05) is 6.07 Å². The smallest absolute Gasteiger partial charge is 0.209 e. The molecule has 6 heteroatoms. The highest BCUT2D eigenvalue weighted by Gasteiger charge is 2.36. The molecule has 1 saturated carbocycles. The predicted octanol–water partition coefficient (Wildman–Crippen LogP) is 3.68. The van der Waals surface area contributed by atoms with E-state index in [1.54, 1.807) is 22.5 Å². The molecule has 2 aliphatic rings. The Balaban J connectivity index is 1.68. The lowest BCUT2D eigenvalue weighted by Gasteiger charge is -2.11. The van der Waals surface area contributed by atoms with Crippen LogP contribution in [0.2, 0.25) is 0 Å². The molecule has 1 aliphatic heterocycles. The molecule has 1 aromatic carbocycles. The van der Waals surface area contributed by atoms with E-state index in [-0.39, 0.29) is 18.3 Å². The second-order valence-corrected chi connectivity index (χ2v) is 6.56. The average molecular weight is 293 g/mol. The Hall–Kier alpha value is -1.43. The Morgan fingerprint density at radius 2 is 2.15 bits per heavy atom. The van der Waals surface area contributed by atoms with Crippen LogP contribution in [0.1, 0.15) is 42.9 Å². The monoisotopic (exact) mass is 293 g/mol.